The van der Waals surface area contributed by atoms with Crippen molar-refractivity contribution in [1.29, 1.82) is 0 Å². The van der Waals surface area contributed by atoms with Gasteiger partial charge < -0.3 is 0 Å². The van der Waals surface area contributed by atoms with Gasteiger partial charge in [-0.1, -0.05) is 11.8 Å². The first-order chi connectivity index (χ1) is 7.65. The second-order valence-electron chi connectivity index (χ2n) is 3.13. The Balaban J connectivity index is 2.23. The van der Waals surface area contributed by atoms with Crippen molar-refractivity contribution in [3.05, 3.63) is 58.6 Å². The van der Waals surface area contributed by atoms with Gasteiger partial charge in [0.2, 0.25) is 0 Å². The standard InChI is InChI=1S/C12H7BrF2S/c13-11-7-9(15)3-6-12(11)16-10-4-1-8(14)2-5-10/h1-7H. The summed E-state index contributed by atoms with van der Waals surface area (Å²) in [6.07, 6.45) is 0. The third-order valence-corrected chi connectivity index (χ3v) is 3.94. The van der Waals surface area contributed by atoms with E-state index in [4.69, 9.17) is 0 Å². The number of benzene rings is 2. The Morgan fingerprint density at radius 2 is 1.50 bits per heavy atom. The molecule has 0 spiro atoms. The smallest absolute Gasteiger partial charge is 0.124 e. The predicted molar refractivity (Wildman–Crippen MR) is 64.6 cm³/mol. The molecule has 4 heteroatoms. The molecule has 2 aromatic rings. The van der Waals surface area contributed by atoms with Crippen molar-refractivity contribution in [2.45, 2.75) is 9.79 Å². The van der Waals surface area contributed by atoms with Crippen LogP contribution in [-0.2, 0) is 0 Å². The molecule has 0 unspecified atom stereocenters. The molecule has 0 fully saturated rings. The average Bonchev–Trinajstić information content (AvgIpc) is 2.25. The second-order valence-corrected chi connectivity index (χ2v) is 5.10. The highest BCUT2D eigenvalue weighted by atomic mass is 79.9. The van der Waals surface area contributed by atoms with Gasteiger partial charge in [-0.05, 0) is 58.4 Å². The first-order valence-electron chi connectivity index (χ1n) is 4.53. The van der Waals surface area contributed by atoms with Crippen molar-refractivity contribution in [3.63, 3.8) is 0 Å². The van der Waals surface area contributed by atoms with E-state index in [1.807, 2.05) is 0 Å². The van der Waals surface area contributed by atoms with E-state index in [-0.39, 0.29) is 11.6 Å². The van der Waals surface area contributed by atoms with Gasteiger partial charge in [-0.3, -0.25) is 0 Å². The summed E-state index contributed by atoms with van der Waals surface area (Å²) >= 11 is 4.74. The minimum atomic E-state index is -0.282. The Kier molecular flexibility index (Phi) is 3.61. The SMILES string of the molecule is Fc1ccc(Sc2ccc(F)cc2Br)cc1. The quantitative estimate of drug-likeness (QED) is 0.762. The van der Waals surface area contributed by atoms with E-state index in [1.54, 1.807) is 18.2 Å². The van der Waals surface area contributed by atoms with Crippen LogP contribution in [0.3, 0.4) is 0 Å². The summed E-state index contributed by atoms with van der Waals surface area (Å²) in [5.41, 5.74) is 0. The van der Waals surface area contributed by atoms with Crippen molar-refractivity contribution < 1.29 is 8.78 Å². The number of hydrogen-bond acceptors (Lipinski definition) is 1. The van der Waals surface area contributed by atoms with E-state index in [1.165, 1.54) is 36.0 Å². The molecular formula is C12H7BrF2S. The van der Waals surface area contributed by atoms with Crippen LogP contribution in [0.4, 0.5) is 8.78 Å². The molecule has 0 aliphatic carbocycles. The third-order valence-electron chi connectivity index (χ3n) is 1.94. The molecule has 0 saturated heterocycles. The van der Waals surface area contributed by atoms with Gasteiger partial charge >= 0.3 is 0 Å². The Morgan fingerprint density at radius 3 is 2.12 bits per heavy atom. The summed E-state index contributed by atoms with van der Waals surface area (Å²) in [4.78, 5) is 1.81. The van der Waals surface area contributed by atoms with E-state index in [0.29, 0.717) is 4.47 Å². The summed E-state index contributed by atoms with van der Waals surface area (Å²) < 4.78 is 26.2. The summed E-state index contributed by atoms with van der Waals surface area (Å²) in [6, 6.07) is 10.7. The fraction of sp³-hybridized carbons (Fsp3) is 0. The average molecular weight is 301 g/mol. The molecule has 0 amide bonds. The normalized spacial score (nSPS) is 10.4. The molecule has 0 saturated carbocycles. The Labute approximate surface area is 105 Å². The molecule has 0 aromatic heterocycles. The van der Waals surface area contributed by atoms with Gasteiger partial charge in [0, 0.05) is 14.3 Å². The Bertz CT molecular complexity index is 497. The summed E-state index contributed by atoms with van der Waals surface area (Å²) in [6.45, 7) is 0. The maximum absolute atomic E-state index is 12.9. The van der Waals surface area contributed by atoms with Gasteiger partial charge in [0.05, 0.1) is 0 Å². The fourth-order valence-electron chi connectivity index (χ4n) is 1.19. The van der Waals surface area contributed by atoms with Gasteiger partial charge in [0.1, 0.15) is 11.6 Å². The summed E-state index contributed by atoms with van der Waals surface area (Å²) in [5, 5.41) is 0. The van der Waals surface area contributed by atoms with Crippen molar-refractivity contribution in [1.82, 2.24) is 0 Å². The van der Waals surface area contributed by atoms with Gasteiger partial charge in [0.25, 0.3) is 0 Å². The van der Waals surface area contributed by atoms with Crippen molar-refractivity contribution in [2.75, 3.05) is 0 Å². The monoisotopic (exact) mass is 300 g/mol. The lowest BCUT2D eigenvalue weighted by molar-refractivity contribution is 0.625. The van der Waals surface area contributed by atoms with Gasteiger partial charge in [-0.25, -0.2) is 8.78 Å². The van der Waals surface area contributed by atoms with Crippen LogP contribution < -0.4 is 0 Å². The van der Waals surface area contributed by atoms with Crippen molar-refractivity contribution >= 4 is 27.7 Å². The minimum absolute atomic E-state index is 0.262. The van der Waals surface area contributed by atoms with Gasteiger partial charge in [0.15, 0.2) is 0 Å². The van der Waals surface area contributed by atoms with Crippen LogP contribution in [0, 0.1) is 11.6 Å². The Morgan fingerprint density at radius 1 is 0.875 bits per heavy atom. The topological polar surface area (TPSA) is 0 Å². The predicted octanol–water partition coefficient (Wildman–Crippen LogP) is 4.88. The molecule has 0 N–H and O–H groups in total. The third kappa shape index (κ3) is 2.83. The molecular weight excluding hydrogens is 294 g/mol. The molecule has 0 aliphatic heterocycles. The maximum Gasteiger partial charge on any atom is 0.124 e. The molecule has 0 atom stereocenters. The molecule has 0 nitrogen and oxygen atoms in total. The number of halogens is 3. The summed E-state index contributed by atoms with van der Waals surface area (Å²) in [7, 11) is 0. The van der Waals surface area contributed by atoms with E-state index >= 15 is 0 Å². The summed E-state index contributed by atoms with van der Waals surface area (Å²) in [5.74, 6) is -0.544. The minimum Gasteiger partial charge on any atom is -0.207 e. The zero-order valence-electron chi connectivity index (χ0n) is 8.08. The molecule has 0 heterocycles. The van der Waals surface area contributed by atoms with E-state index in [0.717, 1.165) is 9.79 Å². The lowest BCUT2D eigenvalue weighted by Gasteiger charge is -2.04. The van der Waals surface area contributed by atoms with Crippen LogP contribution >= 0.6 is 27.7 Å². The lowest BCUT2D eigenvalue weighted by Crippen LogP contribution is -1.79. The van der Waals surface area contributed by atoms with E-state index in [9.17, 15) is 8.78 Å². The molecule has 0 radical (unpaired) electrons. The molecule has 82 valence electrons. The van der Waals surface area contributed by atoms with Crippen LogP contribution in [-0.4, -0.2) is 0 Å². The Hall–Kier alpha value is -0.870. The first kappa shape index (κ1) is 11.6. The van der Waals surface area contributed by atoms with Crippen molar-refractivity contribution in [2.24, 2.45) is 0 Å². The highest BCUT2D eigenvalue weighted by Crippen LogP contribution is 2.33. The molecule has 2 aromatic carbocycles. The number of hydrogen-bond donors (Lipinski definition) is 0. The fourth-order valence-corrected chi connectivity index (χ4v) is 2.60. The van der Waals surface area contributed by atoms with Crippen molar-refractivity contribution in [3.8, 4) is 0 Å². The number of rotatable bonds is 2. The highest BCUT2D eigenvalue weighted by Gasteiger charge is 2.03. The van der Waals surface area contributed by atoms with Crippen LogP contribution in [0.25, 0.3) is 0 Å². The first-order valence-corrected chi connectivity index (χ1v) is 6.14. The van der Waals surface area contributed by atoms with Crippen LogP contribution in [0.1, 0.15) is 0 Å². The van der Waals surface area contributed by atoms with Crippen LogP contribution in [0.2, 0.25) is 0 Å². The maximum atomic E-state index is 12.9. The highest BCUT2D eigenvalue weighted by molar-refractivity contribution is 9.10. The van der Waals surface area contributed by atoms with Gasteiger partial charge in [-0.2, -0.15) is 0 Å². The second kappa shape index (κ2) is 4.97. The van der Waals surface area contributed by atoms with E-state index in [2.05, 4.69) is 15.9 Å². The van der Waals surface area contributed by atoms with Crippen LogP contribution in [0.5, 0.6) is 0 Å². The zero-order valence-corrected chi connectivity index (χ0v) is 10.5. The molecule has 16 heavy (non-hydrogen) atoms. The molecule has 0 aliphatic rings. The van der Waals surface area contributed by atoms with Crippen LogP contribution in [0.15, 0.2) is 56.7 Å². The van der Waals surface area contributed by atoms with Gasteiger partial charge in [-0.15, -0.1) is 0 Å². The molecule has 0 bridgehead atoms. The zero-order chi connectivity index (χ0) is 11.5. The largest absolute Gasteiger partial charge is 0.207 e. The van der Waals surface area contributed by atoms with E-state index < -0.39 is 0 Å². The molecule has 2 rings (SSSR count). The lowest BCUT2D eigenvalue weighted by atomic mass is 10.3.